The van der Waals surface area contributed by atoms with Gasteiger partial charge < -0.3 is 68.2 Å². The van der Waals surface area contributed by atoms with Crippen LogP contribution < -0.4 is 5.32 Å². The van der Waals surface area contributed by atoms with Gasteiger partial charge in [-0.25, -0.2) is 0 Å². The summed E-state index contributed by atoms with van der Waals surface area (Å²) in [5.74, 6) is 1.44. The predicted molar refractivity (Wildman–Crippen MR) is 443 cm³/mol. The smallest absolute Gasteiger partial charge is 0.164 e. The van der Waals surface area contributed by atoms with E-state index in [1.165, 1.54) is 122 Å². The minimum atomic E-state index is -0.375. The van der Waals surface area contributed by atoms with Crippen molar-refractivity contribution in [3.05, 3.63) is 102 Å². The van der Waals surface area contributed by atoms with Crippen LogP contribution >= 0.6 is 0 Å². The highest BCUT2D eigenvalue weighted by atomic mass is 16.7. The number of aliphatic hydroxyl groups is 1. The molecule has 616 valence electrons. The number of aryl methyl sites for hydroxylation is 6. The van der Waals surface area contributed by atoms with E-state index < -0.39 is 0 Å². The molecule has 111 heavy (non-hydrogen) atoms. The van der Waals surface area contributed by atoms with Crippen molar-refractivity contribution in [1.29, 1.82) is 0 Å². The minimum absolute atomic E-state index is 0.0686. The van der Waals surface area contributed by atoms with Gasteiger partial charge >= 0.3 is 0 Å². The summed E-state index contributed by atoms with van der Waals surface area (Å²) in [4.78, 5) is 75.5. The van der Waals surface area contributed by atoms with Crippen LogP contribution in [0.1, 0.15) is 259 Å². The monoisotopic (exact) mass is 1540 g/mol. The summed E-state index contributed by atoms with van der Waals surface area (Å²) in [6.45, 7) is 45.5. The first-order chi connectivity index (χ1) is 53.9. The highest BCUT2D eigenvalue weighted by molar-refractivity contribution is 6.05. The van der Waals surface area contributed by atoms with Gasteiger partial charge in [0.2, 0.25) is 0 Å². The number of aliphatic imine (C=N–C) groups is 2. The van der Waals surface area contributed by atoms with E-state index in [1.807, 2.05) is 20.8 Å². The number of fused-ring (bicyclic) bond motifs is 4. The normalized spacial score (nSPS) is 22.4. The van der Waals surface area contributed by atoms with Crippen LogP contribution in [0.2, 0.25) is 0 Å². The van der Waals surface area contributed by atoms with Crippen LogP contribution in [0.5, 0.6) is 0 Å². The number of H-pyrrole nitrogens is 3. The molecular weight excluding hydrogens is 1400 g/mol. The van der Waals surface area contributed by atoms with E-state index in [2.05, 4.69) is 116 Å². The van der Waals surface area contributed by atoms with Crippen molar-refractivity contribution < 1.29 is 52.7 Å². The maximum absolute atomic E-state index is 12.3. The van der Waals surface area contributed by atoms with Gasteiger partial charge in [0, 0.05) is 201 Å². The van der Waals surface area contributed by atoms with E-state index in [9.17, 15) is 24.3 Å². The summed E-state index contributed by atoms with van der Waals surface area (Å²) in [7, 11) is 0. The Hall–Kier alpha value is -6.18. The molecule has 4 unspecified atom stereocenters. The SMILES string of the molecule is CCC(=O)C(C)N=C1CCCC(=O)C1.CCC(O)C(C)N=C1CCCC(=O)C1.CCc1c(C)[nH]c2c1C(C1OCCNCCO1)CCC2.CCc1c(C)[nH]c2c1C(N1CCOCC1)=C(CN1CCOCC1)CC2.CCc1c(C)[nH]c2c1C(N1CCOCC1)=CCC2.CCc1c2c(n(CN3CCOCC3)c1C)CCCC2=O. The minimum Gasteiger partial charge on any atom is -0.391 e. The molecule has 5 saturated heterocycles. The number of ketones is 4. The van der Waals surface area contributed by atoms with E-state index in [1.54, 1.807) is 12.5 Å². The molecule has 9 heterocycles. The fraction of sp³-hybridized carbons (Fsp3) is 0.708. The number of hydrogen-bond acceptors (Lipinski definition) is 18. The lowest BCUT2D eigenvalue weighted by Crippen LogP contribution is -2.40. The van der Waals surface area contributed by atoms with Crippen molar-refractivity contribution in [2.24, 2.45) is 9.98 Å². The number of aromatic nitrogens is 4. The number of carbonyl (C=O) groups is 4. The molecule has 15 rings (SSSR count). The molecule has 0 amide bonds. The van der Waals surface area contributed by atoms with Gasteiger partial charge in [0.25, 0.3) is 0 Å². The summed E-state index contributed by atoms with van der Waals surface area (Å²) in [5.41, 5.74) is 28.7. The molecule has 0 spiro atoms. The van der Waals surface area contributed by atoms with Gasteiger partial charge in [-0.15, -0.1) is 0 Å². The van der Waals surface area contributed by atoms with E-state index in [-0.39, 0.29) is 41.8 Å². The first kappa shape index (κ1) is 87.2. The molecule has 4 aromatic heterocycles. The second kappa shape index (κ2) is 44.1. The number of hydrogen-bond donors (Lipinski definition) is 5. The van der Waals surface area contributed by atoms with Gasteiger partial charge in [-0.3, -0.25) is 39.0 Å². The lowest BCUT2D eigenvalue weighted by atomic mass is 9.83. The molecule has 22 nitrogen and oxygen atoms in total. The molecule has 4 atom stereocenters. The highest BCUT2D eigenvalue weighted by Crippen LogP contribution is 2.42. The van der Waals surface area contributed by atoms with E-state index in [4.69, 9.17) is 28.4 Å². The van der Waals surface area contributed by atoms with Gasteiger partial charge in [-0.2, -0.15) is 0 Å². The van der Waals surface area contributed by atoms with Gasteiger partial charge in [-0.05, 0) is 191 Å². The average molecular weight is 1540 g/mol. The van der Waals surface area contributed by atoms with Crippen molar-refractivity contribution in [2.45, 2.75) is 274 Å². The summed E-state index contributed by atoms with van der Waals surface area (Å²) in [6.07, 6.45) is 24.4. The standard InChI is InChI=1S/C20H31N3O2.C16H24N2O2.C16H26N2O2.C15H22N2O.C11H19NO2.C11H17NO2/c1-3-17-15(2)21-18-5-4-16(14-22-6-10-24-11-7-22)20(19(17)18)23-8-12-25-13-9-23;1-3-13-12(2)18(11-17-7-9-20-10-8-17)14-5-4-6-15(19)16(13)14;1-3-12-11(2)18-14-6-4-5-13(15(12)14)16-19-9-7-17-8-10-20-16;1-3-12-11(2)16-13-5-4-6-14(15(12)13)17-7-9-18-10-8-17;2*1-3-11(14)8(2)12-9-5-4-6-10(13)7-9/h21H,3-14H2,1-2H3;3-11H2,1-2H3;13,16-18H,3-10H2,1-2H3;6,16H,3-5,7-10H2,1-2H3;8,11,14H,3-7H2,1-2H3;8H,3-7H2,1-2H3. The van der Waals surface area contributed by atoms with E-state index >= 15 is 0 Å². The molecule has 6 aliphatic carbocycles. The second-order valence-corrected chi connectivity index (χ2v) is 31.9. The number of aliphatic hydroxyl groups excluding tert-OH is 1. The van der Waals surface area contributed by atoms with Gasteiger partial charge in [0.05, 0.1) is 84.9 Å². The summed E-state index contributed by atoms with van der Waals surface area (Å²) in [5, 5.41) is 12.8. The molecule has 22 heteroatoms. The molecule has 11 aliphatic rings. The number of allylic oxidation sites excluding steroid dienone is 1. The number of morpholine rings is 4. The lowest BCUT2D eigenvalue weighted by Gasteiger charge is -2.37. The number of ether oxygens (including phenoxy) is 6. The molecule has 0 radical (unpaired) electrons. The van der Waals surface area contributed by atoms with Crippen LogP contribution in [-0.2, 0) is 101 Å². The van der Waals surface area contributed by atoms with Gasteiger partial charge in [0.15, 0.2) is 17.9 Å². The van der Waals surface area contributed by atoms with E-state index in [0.29, 0.717) is 50.2 Å². The third kappa shape index (κ3) is 23.3. The van der Waals surface area contributed by atoms with Crippen LogP contribution in [0, 0.1) is 27.7 Å². The van der Waals surface area contributed by atoms with Gasteiger partial charge in [-0.1, -0.05) is 47.6 Å². The highest BCUT2D eigenvalue weighted by Gasteiger charge is 2.36. The Labute approximate surface area is 663 Å². The van der Waals surface area contributed by atoms with Crippen molar-refractivity contribution in [3.8, 4) is 0 Å². The second-order valence-electron chi connectivity index (χ2n) is 31.9. The summed E-state index contributed by atoms with van der Waals surface area (Å²) in [6, 6.07) is -0.332. The fourth-order valence-corrected chi connectivity index (χ4v) is 18.4. The number of carbonyl (C=O) groups excluding carboxylic acids is 4. The van der Waals surface area contributed by atoms with Crippen LogP contribution in [0.3, 0.4) is 0 Å². The molecular formula is C89H139N11O11. The number of rotatable bonds is 17. The molecule has 0 aromatic carbocycles. The number of nitrogens with one attached hydrogen (secondary N) is 4. The third-order valence-corrected chi connectivity index (χ3v) is 24.3. The third-order valence-electron chi connectivity index (χ3n) is 24.3. The number of Topliss-reactive ketones (excluding diaryl/α,β-unsaturated/α-hetero) is 4. The van der Waals surface area contributed by atoms with Crippen LogP contribution in [-0.4, -0.2) is 241 Å². The van der Waals surface area contributed by atoms with Crippen LogP contribution in [0.25, 0.3) is 11.4 Å². The largest absolute Gasteiger partial charge is 0.391 e. The summed E-state index contributed by atoms with van der Waals surface area (Å²) >= 11 is 0. The molecule has 4 aromatic rings. The lowest BCUT2D eigenvalue weighted by molar-refractivity contribution is -0.163. The molecule has 2 saturated carbocycles. The topological polar surface area (TPSA) is 246 Å². The fourth-order valence-electron chi connectivity index (χ4n) is 18.4. The maximum Gasteiger partial charge on any atom is 0.164 e. The Bertz CT molecular complexity index is 3800. The van der Waals surface area contributed by atoms with Crippen LogP contribution in [0.15, 0.2) is 21.6 Å². The first-order valence-corrected chi connectivity index (χ1v) is 43.2. The quantitative estimate of drug-likeness (QED) is 0.0659. The number of aromatic amines is 3. The van der Waals surface area contributed by atoms with Gasteiger partial charge in [0.1, 0.15) is 17.6 Å². The van der Waals surface area contributed by atoms with Crippen molar-refractivity contribution in [3.63, 3.8) is 0 Å². The zero-order valence-electron chi connectivity index (χ0n) is 70.2. The maximum atomic E-state index is 12.3. The molecule has 5 aliphatic heterocycles. The predicted octanol–water partition coefficient (Wildman–Crippen LogP) is 12.8. The molecule has 7 fully saturated rings. The Morgan fingerprint density at radius 3 is 1.66 bits per heavy atom. The summed E-state index contributed by atoms with van der Waals surface area (Å²) < 4.78 is 36.4. The molecule has 5 N–H and O–H groups in total. The van der Waals surface area contributed by atoms with Crippen molar-refractivity contribution in [2.75, 3.05) is 138 Å². The number of nitrogens with zero attached hydrogens (tertiary/aromatic N) is 7. The van der Waals surface area contributed by atoms with E-state index in [0.717, 1.165) is 252 Å². The van der Waals surface area contributed by atoms with Crippen LogP contribution in [0.4, 0.5) is 0 Å². The Morgan fingerprint density at radius 1 is 0.550 bits per heavy atom. The van der Waals surface area contributed by atoms with Crippen molar-refractivity contribution >= 4 is 46.0 Å². The molecule has 0 bridgehead atoms. The zero-order valence-corrected chi connectivity index (χ0v) is 70.2. The zero-order chi connectivity index (χ0) is 78.9. The Morgan fingerprint density at radius 2 is 1.08 bits per heavy atom. The Kier molecular flexibility index (Phi) is 34.6. The van der Waals surface area contributed by atoms with Crippen molar-refractivity contribution in [1.82, 2.24) is 44.4 Å². The Balaban J connectivity index is 0.000000143. The average Bonchev–Trinajstić information content (AvgIpc) is 1.68. The first-order valence-electron chi connectivity index (χ1n) is 43.2.